The Morgan fingerprint density at radius 2 is 1.68 bits per heavy atom. The van der Waals surface area contributed by atoms with Gasteiger partial charge in [0.1, 0.15) is 0 Å². The van der Waals surface area contributed by atoms with Gasteiger partial charge in [-0.25, -0.2) is 8.42 Å². The molecular weight excluding hydrogens is 336 g/mol. The predicted octanol–water partition coefficient (Wildman–Crippen LogP) is 2.25. The van der Waals surface area contributed by atoms with E-state index < -0.39 is 16.1 Å². The number of rotatable bonds is 5. The standard InChI is InChI=1S/C19H24N2O3S/c1-16(22)18-8-5-9-19(14-18)25(23,24)21-12-10-20(11-13-21)15-17-6-3-2-4-7-17/h2-9,14,16,22H,10-13,15H2,1H3. The molecular formula is C19H24N2O3S. The molecule has 2 aromatic carbocycles. The molecule has 25 heavy (non-hydrogen) atoms. The zero-order chi connectivity index (χ0) is 17.9. The summed E-state index contributed by atoms with van der Waals surface area (Å²) >= 11 is 0. The van der Waals surface area contributed by atoms with Gasteiger partial charge >= 0.3 is 0 Å². The zero-order valence-electron chi connectivity index (χ0n) is 14.4. The molecule has 1 N–H and O–H groups in total. The molecule has 0 bridgehead atoms. The number of nitrogens with zero attached hydrogens (tertiary/aromatic N) is 2. The molecule has 0 amide bonds. The second-order valence-electron chi connectivity index (χ2n) is 6.41. The average molecular weight is 360 g/mol. The van der Waals surface area contributed by atoms with E-state index in [1.807, 2.05) is 18.2 Å². The average Bonchev–Trinajstić information content (AvgIpc) is 2.63. The van der Waals surface area contributed by atoms with Crippen molar-refractivity contribution in [2.24, 2.45) is 0 Å². The Hall–Kier alpha value is -1.73. The number of aliphatic hydroxyl groups excluding tert-OH is 1. The smallest absolute Gasteiger partial charge is 0.243 e. The lowest BCUT2D eigenvalue weighted by atomic mass is 10.1. The van der Waals surface area contributed by atoms with Gasteiger partial charge in [-0.3, -0.25) is 4.90 Å². The van der Waals surface area contributed by atoms with E-state index in [0.29, 0.717) is 31.7 Å². The van der Waals surface area contributed by atoms with E-state index in [0.717, 1.165) is 6.54 Å². The van der Waals surface area contributed by atoms with Crippen molar-refractivity contribution >= 4 is 10.0 Å². The second kappa shape index (κ2) is 7.66. The van der Waals surface area contributed by atoms with Crippen LogP contribution in [0.15, 0.2) is 59.5 Å². The van der Waals surface area contributed by atoms with Gasteiger partial charge in [0.2, 0.25) is 10.0 Å². The van der Waals surface area contributed by atoms with Crippen molar-refractivity contribution in [3.05, 3.63) is 65.7 Å². The highest BCUT2D eigenvalue weighted by Crippen LogP contribution is 2.22. The van der Waals surface area contributed by atoms with Crippen molar-refractivity contribution in [2.45, 2.75) is 24.5 Å². The number of piperazine rings is 1. The zero-order valence-corrected chi connectivity index (χ0v) is 15.2. The Morgan fingerprint density at radius 3 is 2.32 bits per heavy atom. The monoisotopic (exact) mass is 360 g/mol. The van der Waals surface area contributed by atoms with Gasteiger partial charge in [-0.05, 0) is 30.2 Å². The Labute approximate surface area is 149 Å². The summed E-state index contributed by atoms with van der Waals surface area (Å²) in [5.41, 5.74) is 1.85. The second-order valence-corrected chi connectivity index (χ2v) is 8.35. The van der Waals surface area contributed by atoms with Crippen LogP contribution in [0.1, 0.15) is 24.2 Å². The first kappa shape index (κ1) is 18.1. The van der Waals surface area contributed by atoms with E-state index in [9.17, 15) is 13.5 Å². The molecule has 1 heterocycles. The number of aliphatic hydroxyl groups is 1. The van der Waals surface area contributed by atoms with Gasteiger partial charge in [-0.15, -0.1) is 0 Å². The molecule has 1 aliphatic heterocycles. The first-order chi connectivity index (χ1) is 12.0. The minimum absolute atomic E-state index is 0.252. The van der Waals surface area contributed by atoms with E-state index in [-0.39, 0.29) is 4.90 Å². The lowest BCUT2D eigenvalue weighted by Gasteiger charge is -2.34. The third-order valence-corrected chi connectivity index (χ3v) is 6.45. The summed E-state index contributed by atoms with van der Waals surface area (Å²) in [5, 5.41) is 9.68. The molecule has 0 aliphatic carbocycles. The van der Waals surface area contributed by atoms with E-state index in [1.54, 1.807) is 31.2 Å². The third-order valence-electron chi connectivity index (χ3n) is 4.56. The maximum absolute atomic E-state index is 12.9. The molecule has 0 spiro atoms. The van der Waals surface area contributed by atoms with E-state index >= 15 is 0 Å². The molecule has 5 nitrogen and oxygen atoms in total. The van der Waals surface area contributed by atoms with Gasteiger partial charge in [0.25, 0.3) is 0 Å². The minimum Gasteiger partial charge on any atom is -0.389 e. The fraction of sp³-hybridized carbons (Fsp3) is 0.368. The number of hydrogen-bond donors (Lipinski definition) is 1. The maximum atomic E-state index is 12.9. The van der Waals surface area contributed by atoms with Gasteiger partial charge in [-0.2, -0.15) is 4.31 Å². The molecule has 134 valence electrons. The SMILES string of the molecule is CC(O)c1cccc(S(=O)(=O)N2CCN(Cc3ccccc3)CC2)c1. The van der Waals surface area contributed by atoms with Crippen molar-refractivity contribution in [3.63, 3.8) is 0 Å². The number of benzene rings is 2. The molecule has 0 saturated carbocycles. The maximum Gasteiger partial charge on any atom is 0.243 e. The Kier molecular flexibility index (Phi) is 5.54. The topological polar surface area (TPSA) is 60.9 Å². The van der Waals surface area contributed by atoms with Crippen molar-refractivity contribution in [3.8, 4) is 0 Å². The third kappa shape index (κ3) is 4.27. The molecule has 1 atom stereocenters. The summed E-state index contributed by atoms with van der Waals surface area (Å²) in [7, 11) is -3.52. The van der Waals surface area contributed by atoms with Crippen LogP contribution in [0.3, 0.4) is 0 Å². The van der Waals surface area contributed by atoms with Gasteiger partial charge in [-0.1, -0.05) is 42.5 Å². The summed E-state index contributed by atoms with van der Waals surface area (Å²) in [4.78, 5) is 2.52. The van der Waals surface area contributed by atoms with Gasteiger partial charge < -0.3 is 5.11 Å². The van der Waals surface area contributed by atoms with Crippen LogP contribution in [-0.2, 0) is 16.6 Å². The summed E-state index contributed by atoms with van der Waals surface area (Å²) in [6.45, 7) is 4.86. The molecule has 1 unspecified atom stereocenters. The van der Waals surface area contributed by atoms with Crippen LogP contribution in [0.2, 0.25) is 0 Å². The van der Waals surface area contributed by atoms with Crippen LogP contribution in [0, 0.1) is 0 Å². The van der Waals surface area contributed by atoms with Crippen LogP contribution in [-0.4, -0.2) is 48.9 Å². The summed E-state index contributed by atoms with van der Waals surface area (Å²) in [6, 6.07) is 16.8. The molecule has 0 radical (unpaired) electrons. The van der Waals surface area contributed by atoms with Crippen LogP contribution < -0.4 is 0 Å². The van der Waals surface area contributed by atoms with Crippen LogP contribution >= 0.6 is 0 Å². The van der Waals surface area contributed by atoms with E-state index in [1.165, 1.54) is 9.87 Å². The largest absolute Gasteiger partial charge is 0.389 e. The highest BCUT2D eigenvalue weighted by molar-refractivity contribution is 7.89. The van der Waals surface area contributed by atoms with Crippen molar-refractivity contribution in [1.29, 1.82) is 0 Å². The van der Waals surface area contributed by atoms with E-state index in [2.05, 4.69) is 17.0 Å². The molecule has 2 aromatic rings. The highest BCUT2D eigenvalue weighted by Gasteiger charge is 2.28. The molecule has 1 fully saturated rings. The quantitative estimate of drug-likeness (QED) is 0.888. The summed E-state index contributed by atoms with van der Waals surface area (Å²) in [6.07, 6.45) is -0.683. The van der Waals surface area contributed by atoms with Gasteiger partial charge in [0.15, 0.2) is 0 Å². The Bertz CT molecular complexity index is 798. The first-order valence-corrected chi connectivity index (χ1v) is 9.95. The highest BCUT2D eigenvalue weighted by atomic mass is 32.2. The predicted molar refractivity (Wildman–Crippen MR) is 97.6 cm³/mol. The van der Waals surface area contributed by atoms with Crippen LogP contribution in [0.25, 0.3) is 0 Å². The van der Waals surface area contributed by atoms with Crippen molar-refractivity contribution in [2.75, 3.05) is 26.2 Å². The van der Waals surface area contributed by atoms with Crippen molar-refractivity contribution < 1.29 is 13.5 Å². The minimum atomic E-state index is -3.52. The fourth-order valence-corrected chi connectivity index (χ4v) is 4.53. The molecule has 1 saturated heterocycles. The number of hydrogen-bond acceptors (Lipinski definition) is 4. The lowest BCUT2D eigenvalue weighted by molar-refractivity contribution is 0.181. The number of sulfonamides is 1. The van der Waals surface area contributed by atoms with Gasteiger partial charge in [0, 0.05) is 32.7 Å². The van der Waals surface area contributed by atoms with Crippen molar-refractivity contribution in [1.82, 2.24) is 9.21 Å². The molecule has 0 aromatic heterocycles. The fourth-order valence-electron chi connectivity index (χ4n) is 3.05. The molecule has 3 rings (SSSR count). The Balaban J connectivity index is 1.66. The summed E-state index contributed by atoms with van der Waals surface area (Å²) < 4.78 is 27.2. The molecule has 6 heteroatoms. The lowest BCUT2D eigenvalue weighted by Crippen LogP contribution is -2.48. The summed E-state index contributed by atoms with van der Waals surface area (Å²) in [5.74, 6) is 0. The van der Waals surface area contributed by atoms with E-state index in [4.69, 9.17) is 0 Å². The normalized spacial score (nSPS) is 18.2. The Morgan fingerprint density at radius 1 is 1.00 bits per heavy atom. The first-order valence-electron chi connectivity index (χ1n) is 8.51. The van der Waals surface area contributed by atoms with Crippen LogP contribution in [0.5, 0.6) is 0 Å². The molecule has 1 aliphatic rings. The van der Waals surface area contributed by atoms with Crippen LogP contribution in [0.4, 0.5) is 0 Å². The van der Waals surface area contributed by atoms with Gasteiger partial charge in [0.05, 0.1) is 11.0 Å².